The van der Waals surface area contributed by atoms with Crippen molar-refractivity contribution in [3.63, 3.8) is 0 Å². The minimum Gasteiger partial charge on any atom is -0.378 e. The van der Waals surface area contributed by atoms with E-state index in [1.807, 2.05) is 0 Å². The van der Waals surface area contributed by atoms with Crippen molar-refractivity contribution in [2.45, 2.75) is 0 Å². The van der Waals surface area contributed by atoms with Crippen LogP contribution in [0.5, 0.6) is 0 Å². The van der Waals surface area contributed by atoms with Crippen LogP contribution >= 0.6 is 0 Å². The second kappa shape index (κ2) is 9.56. The van der Waals surface area contributed by atoms with Gasteiger partial charge in [0.2, 0.25) is 0 Å². The molecule has 3 rings (SSSR count). The van der Waals surface area contributed by atoms with Gasteiger partial charge in [-0.15, -0.1) is 0 Å². The molecular formula is C20H19FN4O4. The zero-order valence-corrected chi connectivity index (χ0v) is 15.4. The molecule has 9 heteroatoms. The molecule has 2 aromatic carbocycles. The predicted octanol–water partition coefficient (Wildman–Crippen LogP) is 1.39. The first-order chi connectivity index (χ1) is 14.0. The van der Waals surface area contributed by atoms with Crippen LogP contribution in [0.2, 0.25) is 0 Å². The van der Waals surface area contributed by atoms with E-state index in [-0.39, 0.29) is 17.2 Å². The number of rotatable bonds is 4. The molecule has 29 heavy (non-hydrogen) atoms. The summed E-state index contributed by atoms with van der Waals surface area (Å²) in [6.07, 6.45) is 1.21. The topological polar surface area (TPSA) is 100 Å². The second-order valence-electron chi connectivity index (χ2n) is 6.16. The lowest BCUT2D eigenvalue weighted by Gasteiger charge is -2.27. The Hall–Kier alpha value is -3.59. The summed E-state index contributed by atoms with van der Waals surface area (Å²) in [6.45, 7) is 1.81. The van der Waals surface area contributed by atoms with Crippen molar-refractivity contribution >= 4 is 29.6 Å². The molecule has 2 N–H and O–H groups in total. The lowest BCUT2D eigenvalue weighted by molar-refractivity contribution is -0.136. The van der Waals surface area contributed by atoms with Crippen LogP contribution in [0.25, 0.3) is 0 Å². The van der Waals surface area contributed by atoms with Crippen LogP contribution < -0.4 is 10.7 Å². The molecule has 150 valence electrons. The van der Waals surface area contributed by atoms with Gasteiger partial charge >= 0.3 is 11.8 Å². The van der Waals surface area contributed by atoms with E-state index >= 15 is 0 Å². The number of ether oxygens (including phenoxy) is 1. The van der Waals surface area contributed by atoms with Gasteiger partial charge in [-0.2, -0.15) is 5.10 Å². The van der Waals surface area contributed by atoms with E-state index in [1.54, 1.807) is 29.2 Å². The molecule has 1 heterocycles. The van der Waals surface area contributed by atoms with Crippen molar-refractivity contribution in [1.29, 1.82) is 0 Å². The van der Waals surface area contributed by atoms with Crippen molar-refractivity contribution in [3.8, 4) is 0 Å². The molecule has 3 amide bonds. The Morgan fingerprint density at radius 3 is 2.55 bits per heavy atom. The standard InChI is InChI=1S/C20H19FN4O4/c21-15-5-3-4-14(12-15)13-22-24-19(27)18(26)23-17-7-2-1-6-16(17)20(28)25-8-10-29-11-9-25/h1-7,12-13H,8-11H2,(H,23,26)(H,24,27)/b22-13-. The third-order valence-electron chi connectivity index (χ3n) is 4.14. The molecule has 0 unspecified atom stereocenters. The number of halogens is 1. The first-order valence-electron chi connectivity index (χ1n) is 8.90. The average Bonchev–Trinajstić information content (AvgIpc) is 2.74. The maximum absolute atomic E-state index is 13.1. The quantitative estimate of drug-likeness (QED) is 0.462. The van der Waals surface area contributed by atoms with Crippen molar-refractivity contribution in [3.05, 3.63) is 65.5 Å². The molecule has 0 bridgehead atoms. The molecule has 1 saturated heterocycles. The van der Waals surface area contributed by atoms with Gasteiger partial charge in [-0.05, 0) is 29.8 Å². The van der Waals surface area contributed by atoms with Gasteiger partial charge in [0.15, 0.2) is 0 Å². The van der Waals surface area contributed by atoms with E-state index < -0.39 is 17.6 Å². The molecule has 0 spiro atoms. The minimum absolute atomic E-state index is 0.221. The molecule has 2 aromatic rings. The fraction of sp³-hybridized carbons (Fsp3) is 0.200. The van der Waals surface area contributed by atoms with Gasteiger partial charge in [0.05, 0.1) is 30.7 Å². The van der Waals surface area contributed by atoms with Gasteiger partial charge < -0.3 is 15.0 Å². The number of para-hydroxylation sites is 1. The second-order valence-corrected chi connectivity index (χ2v) is 6.16. The summed E-state index contributed by atoms with van der Waals surface area (Å²) in [5, 5.41) is 6.06. The van der Waals surface area contributed by atoms with Crippen LogP contribution in [0.3, 0.4) is 0 Å². The number of anilines is 1. The Morgan fingerprint density at radius 1 is 1.03 bits per heavy atom. The lowest BCUT2D eigenvalue weighted by Crippen LogP contribution is -2.41. The largest absolute Gasteiger partial charge is 0.378 e. The summed E-state index contributed by atoms with van der Waals surface area (Å²) in [7, 11) is 0. The van der Waals surface area contributed by atoms with Gasteiger partial charge in [0.1, 0.15) is 5.82 Å². The first-order valence-corrected chi connectivity index (χ1v) is 8.90. The highest BCUT2D eigenvalue weighted by atomic mass is 19.1. The van der Waals surface area contributed by atoms with Crippen LogP contribution in [-0.4, -0.2) is 55.1 Å². The number of nitrogens with one attached hydrogen (secondary N) is 2. The Bertz CT molecular complexity index is 942. The van der Waals surface area contributed by atoms with Gasteiger partial charge in [-0.25, -0.2) is 9.82 Å². The number of carbonyl (C=O) groups excluding carboxylic acids is 3. The van der Waals surface area contributed by atoms with E-state index in [2.05, 4.69) is 15.8 Å². The number of hydrazone groups is 1. The highest BCUT2D eigenvalue weighted by Crippen LogP contribution is 2.18. The number of benzene rings is 2. The maximum Gasteiger partial charge on any atom is 0.329 e. The van der Waals surface area contributed by atoms with Crippen molar-refractivity contribution in [1.82, 2.24) is 10.3 Å². The Morgan fingerprint density at radius 2 is 1.79 bits per heavy atom. The number of nitrogens with zero attached hydrogens (tertiary/aromatic N) is 2. The predicted molar refractivity (Wildman–Crippen MR) is 104 cm³/mol. The van der Waals surface area contributed by atoms with E-state index in [0.29, 0.717) is 31.9 Å². The molecule has 0 radical (unpaired) electrons. The van der Waals surface area contributed by atoms with Crippen molar-refractivity contribution < 1.29 is 23.5 Å². The molecule has 0 aromatic heterocycles. The van der Waals surface area contributed by atoms with Crippen molar-refractivity contribution in [2.75, 3.05) is 31.6 Å². The molecule has 1 fully saturated rings. The molecular weight excluding hydrogens is 379 g/mol. The summed E-state index contributed by atoms with van der Waals surface area (Å²) >= 11 is 0. The minimum atomic E-state index is -1.02. The molecule has 8 nitrogen and oxygen atoms in total. The van der Waals surface area contributed by atoms with Crippen LogP contribution in [-0.2, 0) is 14.3 Å². The normalized spacial score (nSPS) is 13.9. The number of hydrogen-bond donors (Lipinski definition) is 2. The van der Waals surface area contributed by atoms with Crippen LogP contribution in [0.1, 0.15) is 15.9 Å². The maximum atomic E-state index is 13.1. The Balaban J connectivity index is 1.62. The lowest BCUT2D eigenvalue weighted by atomic mass is 10.1. The summed E-state index contributed by atoms with van der Waals surface area (Å²) in [5.74, 6) is -2.71. The SMILES string of the molecule is O=C(N/N=C\c1cccc(F)c1)C(=O)Nc1ccccc1C(=O)N1CCOCC1. The average molecular weight is 398 g/mol. The van der Waals surface area contributed by atoms with E-state index in [1.165, 1.54) is 30.5 Å². The summed E-state index contributed by atoms with van der Waals surface area (Å²) in [6, 6.07) is 12.0. The third kappa shape index (κ3) is 5.45. The van der Waals surface area contributed by atoms with Gasteiger partial charge in [-0.1, -0.05) is 24.3 Å². The molecule has 0 atom stereocenters. The molecule has 1 aliphatic rings. The molecule has 0 saturated carbocycles. The fourth-order valence-corrected chi connectivity index (χ4v) is 2.70. The summed E-state index contributed by atoms with van der Waals surface area (Å²) in [5.41, 5.74) is 2.99. The summed E-state index contributed by atoms with van der Waals surface area (Å²) < 4.78 is 18.3. The highest BCUT2D eigenvalue weighted by molar-refractivity contribution is 6.40. The number of carbonyl (C=O) groups is 3. The van der Waals surface area contributed by atoms with Gasteiger partial charge in [-0.3, -0.25) is 14.4 Å². The van der Waals surface area contributed by atoms with Crippen LogP contribution in [0, 0.1) is 5.82 Å². The van der Waals surface area contributed by atoms with E-state index in [0.717, 1.165) is 0 Å². The monoisotopic (exact) mass is 398 g/mol. The number of amides is 3. The number of morpholine rings is 1. The van der Waals surface area contributed by atoms with E-state index in [9.17, 15) is 18.8 Å². The summed E-state index contributed by atoms with van der Waals surface area (Å²) in [4.78, 5) is 38.4. The van der Waals surface area contributed by atoms with Gasteiger partial charge in [0.25, 0.3) is 5.91 Å². The highest BCUT2D eigenvalue weighted by Gasteiger charge is 2.22. The third-order valence-corrected chi connectivity index (χ3v) is 4.14. The first kappa shape index (κ1) is 20.2. The Labute approximate surface area is 166 Å². The zero-order chi connectivity index (χ0) is 20.6. The molecule has 1 aliphatic heterocycles. The smallest absolute Gasteiger partial charge is 0.329 e. The number of hydrogen-bond acceptors (Lipinski definition) is 5. The Kier molecular flexibility index (Phi) is 6.64. The fourth-order valence-electron chi connectivity index (χ4n) is 2.70. The van der Waals surface area contributed by atoms with Crippen molar-refractivity contribution in [2.24, 2.45) is 5.10 Å². The van der Waals surface area contributed by atoms with Gasteiger partial charge in [0, 0.05) is 13.1 Å². The zero-order valence-electron chi connectivity index (χ0n) is 15.4. The van der Waals surface area contributed by atoms with Crippen LogP contribution in [0.4, 0.5) is 10.1 Å². The van der Waals surface area contributed by atoms with E-state index in [4.69, 9.17) is 4.74 Å². The van der Waals surface area contributed by atoms with Crippen LogP contribution in [0.15, 0.2) is 53.6 Å². The molecule has 0 aliphatic carbocycles.